The van der Waals surface area contributed by atoms with Gasteiger partial charge >= 0.3 is 0 Å². The van der Waals surface area contributed by atoms with Crippen molar-refractivity contribution in [3.8, 4) is 17.0 Å². The molecular formula is C23H23F4N7O2. The van der Waals surface area contributed by atoms with Gasteiger partial charge in [-0.2, -0.15) is 4.98 Å². The highest BCUT2D eigenvalue weighted by atomic mass is 19.3. The van der Waals surface area contributed by atoms with Crippen molar-refractivity contribution >= 4 is 22.5 Å². The van der Waals surface area contributed by atoms with E-state index in [1.165, 1.54) is 18.0 Å². The van der Waals surface area contributed by atoms with E-state index in [0.29, 0.717) is 29.8 Å². The van der Waals surface area contributed by atoms with E-state index < -0.39 is 24.5 Å². The van der Waals surface area contributed by atoms with Crippen LogP contribution in [0.2, 0.25) is 0 Å². The first-order valence-corrected chi connectivity index (χ1v) is 11.5. The largest absolute Gasteiger partial charge is 0.479 e. The first kappa shape index (κ1) is 23.0. The third-order valence-corrected chi connectivity index (χ3v) is 6.76. The van der Waals surface area contributed by atoms with E-state index in [2.05, 4.69) is 20.4 Å². The number of alkyl halides is 3. The standard InChI is InChI=1S/C23H23F4N7O2/c1-35-21-20-19(13-2-3-16-17(6-13)32(5-4-24)12-28-16)15(25)7-34(20)31-22(30-21)29-18-8-33(11-23(18,26)27)14-9-36-10-14/h2-3,6-7,12,14,18H,4-5,8-11H2,1H3,(H,29,31)/t18-/m1/s1. The zero-order chi connectivity index (χ0) is 25.0. The molecule has 5 heterocycles. The van der Waals surface area contributed by atoms with E-state index >= 15 is 4.39 Å². The number of hydrogen-bond donors (Lipinski definition) is 1. The number of methoxy groups -OCH3 is 1. The molecule has 0 spiro atoms. The molecule has 3 aromatic heterocycles. The second kappa shape index (κ2) is 8.59. The zero-order valence-corrected chi connectivity index (χ0v) is 19.3. The van der Waals surface area contributed by atoms with E-state index in [4.69, 9.17) is 9.47 Å². The van der Waals surface area contributed by atoms with Gasteiger partial charge in [-0.05, 0) is 17.7 Å². The minimum atomic E-state index is -3.01. The van der Waals surface area contributed by atoms with Crippen molar-refractivity contribution in [2.75, 3.05) is 45.4 Å². The molecule has 0 unspecified atom stereocenters. The van der Waals surface area contributed by atoms with Gasteiger partial charge in [0.05, 0.1) is 68.6 Å². The number of benzene rings is 1. The van der Waals surface area contributed by atoms with Crippen molar-refractivity contribution in [1.82, 2.24) is 29.0 Å². The average Bonchev–Trinajstić information content (AvgIpc) is 3.44. The van der Waals surface area contributed by atoms with Crippen LogP contribution in [-0.2, 0) is 11.3 Å². The molecule has 2 aliphatic heterocycles. The fourth-order valence-corrected chi connectivity index (χ4v) is 4.81. The fraction of sp³-hybridized carbons (Fsp3) is 0.435. The molecule has 2 aliphatic rings. The van der Waals surface area contributed by atoms with Gasteiger partial charge < -0.3 is 19.4 Å². The number of rotatable bonds is 7. The molecule has 13 heteroatoms. The van der Waals surface area contributed by atoms with Crippen LogP contribution >= 0.6 is 0 Å². The maximum atomic E-state index is 15.2. The molecule has 1 N–H and O–H groups in total. The molecule has 0 bridgehead atoms. The Kier molecular flexibility index (Phi) is 5.48. The highest BCUT2D eigenvalue weighted by Gasteiger charge is 2.51. The number of halogens is 4. The van der Waals surface area contributed by atoms with Crippen LogP contribution in [0.1, 0.15) is 0 Å². The first-order chi connectivity index (χ1) is 17.4. The minimum Gasteiger partial charge on any atom is -0.479 e. The summed E-state index contributed by atoms with van der Waals surface area (Å²) in [6.45, 7) is 0.139. The van der Waals surface area contributed by atoms with Gasteiger partial charge in [0.1, 0.15) is 18.2 Å². The third-order valence-electron chi connectivity index (χ3n) is 6.76. The van der Waals surface area contributed by atoms with Gasteiger partial charge in [0.25, 0.3) is 5.92 Å². The smallest absolute Gasteiger partial charge is 0.281 e. The predicted octanol–water partition coefficient (Wildman–Crippen LogP) is 2.99. The summed E-state index contributed by atoms with van der Waals surface area (Å²) in [5.41, 5.74) is 2.20. The van der Waals surface area contributed by atoms with E-state index in [-0.39, 0.29) is 48.6 Å². The number of aryl methyl sites for hydroxylation is 1. The Morgan fingerprint density at radius 3 is 2.83 bits per heavy atom. The van der Waals surface area contributed by atoms with Gasteiger partial charge in [-0.3, -0.25) is 4.90 Å². The molecule has 190 valence electrons. The Hall–Kier alpha value is -3.45. The molecule has 0 aliphatic carbocycles. The quantitative estimate of drug-likeness (QED) is 0.387. The average molecular weight is 505 g/mol. The lowest BCUT2D eigenvalue weighted by Gasteiger charge is -2.34. The Labute approximate surface area is 202 Å². The maximum Gasteiger partial charge on any atom is 0.281 e. The molecule has 1 atom stereocenters. The molecular weight excluding hydrogens is 482 g/mol. The van der Waals surface area contributed by atoms with Crippen molar-refractivity contribution in [2.45, 2.75) is 24.6 Å². The summed E-state index contributed by atoms with van der Waals surface area (Å²) in [5, 5.41) is 6.97. The fourth-order valence-electron chi connectivity index (χ4n) is 4.81. The van der Waals surface area contributed by atoms with Crippen LogP contribution in [0.4, 0.5) is 23.5 Å². The number of ether oxygens (including phenoxy) is 2. The number of likely N-dealkylation sites (tertiary alicyclic amines) is 1. The summed E-state index contributed by atoms with van der Waals surface area (Å²) in [6.07, 6.45) is 2.68. The zero-order valence-electron chi connectivity index (χ0n) is 19.3. The van der Waals surface area contributed by atoms with Gasteiger partial charge in [-0.15, -0.1) is 5.10 Å². The molecule has 2 fully saturated rings. The molecule has 6 rings (SSSR count). The van der Waals surface area contributed by atoms with E-state index in [1.807, 2.05) is 0 Å². The summed E-state index contributed by atoms with van der Waals surface area (Å²) in [6, 6.07) is 3.86. The van der Waals surface area contributed by atoms with E-state index in [0.717, 1.165) is 6.20 Å². The third kappa shape index (κ3) is 3.73. The molecule has 0 amide bonds. The molecule has 36 heavy (non-hydrogen) atoms. The van der Waals surface area contributed by atoms with Crippen LogP contribution in [-0.4, -0.2) is 87.1 Å². The Bertz CT molecular complexity index is 1440. The number of nitrogens with one attached hydrogen (secondary N) is 1. The molecule has 4 aromatic rings. The number of fused-ring (bicyclic) bond motifs is 2. The van der Waals surface area contributed by atoms with Crippen molar-refractivity contribution in [1.29, 1.82) is 0 Å². The minimum absolute atomic E-state index is 0.0225. The van der Waals surface area contributed by atoms with Gasteiger partial charge in [-0.25, -0.2) is 27.1 Å². The number of anilines is 1. The lowest BCUT2D eigenvalue weighted by molar-refractivity contribution is -0.0711. The Morgan fingerprint density at radius 1 is 1.28 bits per heavy atom. The van der Waals surface area contributed by atoms with Gasteiger partial charge in [0.2, 0.25) is 11.8 Å². The van der Waals surface area contributed by atoms with Crippen molar-refractivity contribution in [3.63, 3.8) is 0 Å². The Morgan fingerprint density at radius 2 is 2.11 bits per heavy atom. The van der Waals surface area contributed by atoms with Crippen LogP contribution in [0, 0.1) is 5.82 Å². The summed E-state index contributed by atoms with van der Waals surface area (Å²) < 4.78 is 71.0. The first-order valence-electron chi connectivity index (χ1n) is 11.5. The van der Waals surface area contributed by atoms with Crippen LogP contribution in [0.25, 0.3) is 27.7 Å². The molecule has 2 saturated heterocycles. The van der Waals surface area contributed by atoms with Crippen molar-refractivity contribution < 1.29 is 27.0 Å². The summed E-state index contributed by atoms with van der Waals surface area (Å²) in [5.74, 6) is -3.69. The molecule has 1 aromatic carbocycles. The van der Waals surface area contributed by atoms with Gasteiger partial charge in [-0.1, -0.05) is 6.07 Å². The Balaban J connectivity index is 1.37. The van der Waals surface area contributed by atoms with E-state index in [1.54, 1.807) is 27.7 Å². The van der Waals surface area contributed by atoms with Crippen LogP contribution in [0.5, 0.6) is 5.88 Å². The monoisotopic (exact) mass is 505 g/mol. The van der Waals surface area contributed by atoms with Gasteiger partial charge in [0, 0.05) is 6.54 Å². The normalized spacial score (nSPS) is 20.3. The highest BCUT2D eigenvalue weighted by Crippen LogP contribution is 2.36. The second-order valence-electron chi connectivity index (χ2n) is 9.00. The molecule has 0 saturated carbocycles. The maximum absolute atomic E-state index is 15.2. The second-order valence-corrected chi connectivity index (χ2v) is 9.00. The van der Waals surface area contributed by atoms with Crippen LogP contribution < -0.4 is 10.1 Å². The number of nitrogens with zero attached hydrogens (tertiary/aromatic N) is 6. The predicted molar refractivity (Wildman–Crippen MR) is 123 cm³/mol. The van der Waals surface area contributed by atoms with E-state index in [9.17, 15) is 13.2 Å². The number of imidazole rings is 1. The lowest BCUT2D eigenvalue weighted by Crippen LogP contribution is -2.48. The molecule has 0 radical (unpaired) electrons. The topological polar surface area (TPSA) is 81.7 Å². The summed E-state index contributed by atoms with van der Waals surface area (Å²) >= 11 is 0. The highest BCUT2D eigenvalue weighted by molar-refractivity contribution is 5.90. The number of aromatic nitrogens is 5. The molecule has 9 nitrogen and oxygen atoms in total. The van der Waals surface area contributed by atoms with Crippen LogP contribution in [0.3, 0.4) is 0 Å². The lowest BCUT2D eigenvalue weighted by atomic mass is 10.1. The summed E-state index contributed by atoms with van der Waals surface area (Å²) in [4.78, 5) is 10.2. The van der Waals surface area contributed by atoms with Crippen LogP contribution in [0.15, 0.2) is 30.7 Å². The SMILES string of the molecule is COc1nc(N[C@@H]2CN(C3COC3)CC2(F)F)nn2cc(F)c(-c3ccc4ncn(CCF)c4c3)c12. The van der Waals surface area contributed by atoms with Gasteiger partial charge in [0.15, 0.2) is 5.82 Å². The van der Waals surface area contributed by atoms with Crippen molar-refractivity contribution in [3.05, 3.63) is 36.5 Å². The number of hydrogen-bond acceptors (Lipinski definition) is 7. The summed E-state index contributed by atoms with van der Waals surface area (Å²) in [7, 11) is 1.36. The van der Waals surface area contributed by atoms with Crippen molar-refractivity contribution in [2.24, 2.45) is 0 Å².